The first-order chi connectivity index (χ1) is 25.7. The Morgan fingerprint density at radius 2 is 1.06 bits per heavy atom. The minimum absolute atomic E-state index is 0.134. The Morgan fingerprint density at radius 1 is 0.500 bits per heavy atom. The van der Waals surface area contributed by atoms with Gasteiger partial charge < -0.3 is 4.90 Å². The lowest BCUT2D eigenvalue weighted by atomic mass is 9.97. The lowest BCUT2D eigenvalue weighted by Crippen LogP contribution is -2.40. The molecular formula is C49H35N3. The molecule has 0 saturated heterocycles. The molecule has 1 unspecified atom stereocenters. The summed E-state index contributed by atoms with van der Waals surface area (Å²) in [6.07, 6.45) is 2.96. The molecule has 0 aromatic heterocycles. The number of rotatable bonds is 4. The zero-order valence-corrected chi connectivity index (χ0v) is 28.9. The highest BCUT2D eigenvalue weighted by molar-refractivity contribution is 6.08. The summed E-state index contributed by atoms with van der Waals surface area (Å²) in [5.74, 6) is 0. The van der Waals surface area contributed by atoms with Gasteiger partial charge in [0.05, 0.1) is 22.5 Å². The summed E-state index contributed by atoms with van der Waals surface area (Å²) in [5, 5.41) is 11.9. The van der Waals surface area contributed by atoms with Gasteiger partial charge in [0.25, 0.3) is 0 Å². The minimum Gasteiger partial charge on any atom is -0.348 e. The van der Waals surface area contributed by atoms with Gasteiger partial charge in [-0.25, -0.2) is 0 Å². The van der Waals surface area contributed by atoms with Crippen LogP contribution in [0.5, 0.6) is 0 Å². The summed E-state index contributed by atoms with van der Waals surface area (Å²) in [6, 6.07) is 61.3. The predicted octanol–water partition coefficient (Wildman–Crippen LogP) is 8.40. The number of hydrogen-bond donors (Lipinski definition) is 0. The molecule has 1 atom stereocenters. The van der Waals surface area contributed by atoms with Crippen LogP contribution in [0.3, 0.4) is 0 Å². The van der Waals surface area contributed by atoms with Crippen molar-refractivity contribution in [3.63, 3.8) is 0 Å². The van der Waals surface area contributed by atoms with E-state index in [4.69, 9.17) is 9.98 Å². The number of hydrogen-bond acceptors (Lipinski definition) is 3. The Kier molecular flexibility index (Phi) is 7.17. The van der Waals surface area contributed by atoms with Crippen LogP contribution in [0.15, 0.2) is 180 Å². The number of nitrogens with zero attached hydrogens (tertiary/aromatic N) is 3. The van der Waals surface area contributed by atoms with Crippen LogP contribution in [-0.2, 0) is 0 Å². The Bertz CT molecular complexity index is 3030. The monoisotopic (exact) mass is 665 g/mol. The van der Waals surface area contributed by atoms with E-state index in [1.165, 1.54) is 54.4 Å². The third-order valence-corrected chi connectivity index (χ3v) is 10.7. The fourth-order valence-corrected chi connectivity index (χ4v) is 7.99. The van der Waals surface area contributed by atoms with Crippen LogP contribution in [0, 0.1) is 0 Å². The van der Waals surface area contributed by atoms with E-state index < -0.39 is 0 Å². The molecule has 246 valence electrons. The molecule has 0 N–H and O–H groups in total. The van der Waals surface area contributed by atoms with Gasteiger partial charge in [0.2, 0.25) is 0 Å². The Balaban J connectivity index is 1.07. The molecule has 0 bridgehead atoms. The molecule has 3 nitrogen and oxygen atoms in total. The van der Waals surface area contributed by atoms with E-state index >= 15 is 0 Å². The molecule has 3 heteroatoms. The van der Waals surface area contributed by atoms with Gasteiger partial charge in [-0.05, 0) is 84.6 Å². The van der Waals surface area contributed by atoms with Crippen molar-refractivity contribution in [1.82, 2.24) is 4.90 Å². The zero-order valence-electron chi connectivity index (χ0n) is 28.9. The van der Waals surface area contributed by atoms with Crippen LogP contribution in [0.4, 0.5) is 0 Å². The van der Waals surface area contributed by atoms with Gasteiger partial charge in [0.1, 0.15) is 6.17 Å². The van der Waals surface area contributed by atoms with Gasteiger partial charge in [0, 0.05) is 29.5 Å². The van der Waals surface area contributed by atoms with Gasteiger partial charge in [-0.1, -0.05) is 146 Å². The fraction of sp³-hybridized carbons (Fsp3) is 0.0612. The molecule has 8 aromatic rings. The maximum absolute atomic E-state index is 5.43. The van der Waals surface area contributed by atoms with E-state index in [-0.39, 0.29) is 6.17 Å². The molecule has 0 spiro atoms. The van der Waals surface area contributed by atoms with Crippen molar-refractivity contribution >= 4 is 55.5 Å². The molecular weight excluding hydrogens is 631 g/mol. The molecule has 0 saturated carbocycles. The largest absolute Gasteiger partial charge is 0.348 e. The lowest BCUT2D eigenvalue weighted by molar-refractivity contribution is 0.351. The van der Waals surface area contributed by atoms with Crippen molar-refractivity contribution in [3.8, 4) is 0 Å². The number of fused-ring (bicyclic) bond motifs is 5. The summed E-state index contributed by atoms with van der Waals surface area (Å²) >= 11 is 0. The van der Waals surface area contributed by atoms with E-state index in [0.29, 0.717) is 0 Å². The lowest BCUT2D eigenvalue weighted by Gasteiger charge is -2.33. The highest BCUT2D eigenvalue weighted by Gasteiger charge is 2.24. The summed E-state index contributed by atoms with van der Waals surface area (Å²) in [5.41, 5.74) is 7.90. The Hall–Kier alpha value is -6.58. The molecule has 0 amide bonds. The SMILES string of the molecule is CN1C(c2ccc3cc(C4=c5ccccc5=CCC(c5ccc6ccccc6c5)=N4)ccc3c2)=c2ccccc2=NC1c1ccc2ccccc2c1. The summed E-state index contributed by atoms with van der Waals surface area (Å²) < 4.78 is 0. The standard InChI is InChI=1S/C49H35N3/c1-52-48(44-16-8-9-17-46(44)51-49(52)42-25-19-33-11-3-5-14-36(33)31-42)41-24-21-37-29-40(23-20-38(37)30-41)47-43-15-7-6-12-34(43)26-27-45(50-47)39-22-18-32-10-2-4-13-35(32)28-39/h2-26,28-31,49H,27H2,1H3. The maximum Gasteiger partial charge on any atom is 0.147 e. The zero-order chi connectivity index (χ0) is 34.6. The molecule has 10 rings (SSSR count). The van der Waals surface area contributed by atoms with Crippen LogP contribution >= 0.6 is 0 Å². The first-order valence-corrected chi connectivity index (χ1v) is 18.0. The van der Waals surface area contributed by atoms with Gasteiger partial charge >= 0.3 is 0 Å². The first kappa shape index (κ1) is 30.3. The minimum atomic E-state index is -0.134. The van der Waals surface area contributed by atoms with E-state index in [1.54, 1.807) is 0 Å². The molecule has 2 heterocycles. The summed E-state index contributed by atoms with van der Waals surface area (Å²) in [7, 11) is 2.17. The van der Waals surface area contributed by atoms with Crippen molar-refractivity contribution in [2.75, 3.05) is 7.05 Å². The predicted molar refractivity (Wildman–Crippen MR) is 216 cm³/mol. The molecule has 0 fully saturated rings. The van der Waals surface area contributed by atoms with Gasteiger partial charge in [-0.3, -0.25) is 9.98 Å². The van der Waals surface area contributed by atoms with Crippen molar-refractivity contribution in [2.24, 2.45) is 9.98 Å². The molecule has 8 aromatic carbocycles. The van der Waals surface area contributed by atoms with Gasteiger partial charge in [-0.2, -0.15) is 0 Å². The second-order valence-electron chi connectivity index (χ2n) is 13.8. The second-order valence-corrected chi connectivity index (χ2v) is 13.8. The molecule has 0 aliphatic carbocycles. The molecule has 2 aliphatic heterocycles. The summed E-state index contributed by atoms with van der Waals surface area (Å²) in [6.45, 7) is 0. The van der Waals surface area contributed by atoms with Crippen LogP contribution in [0.25, 0.3) is 49.8 Å². The van der Waals surface area contributed by atoms with Crippen LogP contribution < -0.4 is 21.0 Å². The highest BCUT2D eigenvalue weighted by atomic mass is 15.2. The normalized spacial score (nSPS) is 15.4. The molecule has 2 aliphatic rings. The number of para-hydroxylation sites is 1. The van der Waals surface area contributed by atoms with Gasteiger partial charge in [0.15, 0.2) is 0 Å². The number of benzene rings is 8. The average molecular weight is 666 g/mol. The van der Waals surface area contributed by atoms with Crippen LogP contribution in [0.2, 0.25) is 0 Å². The van der Waals surface area contributed by atoms with Crippen molar-refractivity contribution in [2.45, 2.75) is 12.6 Å². The van der Waals surface area contributed by atoms with Crippen molar-refractivity contribution in [3.05, 3.63) is 213 Å². The number of aliphatic imine (C=N–C) groups is 1. The highest BCUT2D eigenvalue weighted by Crippen LogP contribution is 2.33. The topological polar surface area (TPSA) is 28.0 Å². The first-order valence-electron chi connectivity index (χ1n) is 18.0. The third kappa shape index (κ3) is 5.21. The van der Waals surface area contributed by atoms with Crippen molar-refractivity contribution < 1.29 is 0 Å². The van der Waals surface area contributed by atoms with Gasteiger partial charge in [-0.15, -0.1) is 0 Å². The van der Waals surface area contributed by atoms with E-state index in [2.05, 4.69) is 188 Å². The Labute approximate surface area is 302 Å². The van der Waals surface area contributed by atoms with Crippen LogP contribution in [-0.4, -0.2) is 17.7 Å². The van der Waals surface area contributed by atoms with Crippen LogP contribution in [0.1, 0.15) is 34.8 Å². The maximum atomic E-state index is 5.43. The third-order valence-electron chi connectivity index (χ3n) is 10.7. The van der Waals surface area contributed by atoms with E-state index in [9.17, 15) is 0 Å². The Morgan fingerprint density at radius 3 is 1.87 bits per heavy atom. The average Bonchev–Trinajstić information content (AvgIpc) is 3.40. The smallest absolute Gasteiger partial charge is 0.147 e. The second kappa shape index (κ2) is 12.3. The molecule has 0 radical (unpaired) electrons. The summed E-state index contributed by atoms with van der Waals surface area (Å²) in [4.78, 5) is 13.0. The van der Waals surface area contributed by atoms with E-state index in [1.807, 2.05) is 0 Å². The van der Waals surface area contributed by atoms with Crippen molar-refractivity contribution in [1.29, 1.82) is 0 Å². The fourth-order valence-electron chi connectivity index (χ4n) is 7.99. The van der Waals surface area contributed by atoms with E-state index in [0.717, 1.165) is 44.8 Å². The molecule has 52 heavy (non-hydrogen) atoms. The quantitative estimate of drug-likeness (QED) is 0.186.